The molecule has 0 fully saturated rings. The standard InChI is InChI=1S/C11H13N3O2/c1-8(16)14-10(7-15)12-11(13-14)9-5-3-2-4-6-9/h2-6,8,15-16H,7H2,1H3. The lowest BCUT2D eigenvalue weighted by atomic mass is 10.2. The third kappa shape index (κ3) is 1.95. The second-order valence-electron chi connectivity index (χ2n) is 3.45. The molecule has 2 N–H and O–H groups in total. The second-order valence-corrected chi connectivity index (χ2v) is 3.45. The van der Waals surface area contributed by atoms with Crippen LogP contribution < -0.4 is 0 Å². The van der Waals surface area contributed by atoms with Crippen LogP contribution in [0.15, 0.2) is 30.3 Å². The predicted octanol–water partition coefficient (Wildman–Crippen LogP) is 0.948. The van der Waals surface area contributed by atoms with Crippen LogP contribution in [0.3, 0.4) is 0 Å². The topological polar surface area (TPSA) is 71.2 Å². The van der Waals surface area contributed by atoms with E-state index in [1.54, 1.807) is 6.92 Å². The van der Waals surface area contributed by atoms with Gasteiger partial charge in [0.1, 0.15) is 12.8 Å². The summed E-state index contributed by atoms with van der Waals surface area (Å²) in [6.45, 7) is 1.33. The lowest BCUT2D eigenvalue weighted by molar-refractivity contribution is 0.0999. The van der Waals surface area contributed by atoms with Gasteiger partial charge >= 0.3 is 0 Å². The first kappa shape index (κ1) is 10.8. The summed E-state index contributed by atoms with van der Waals surface area (Å²) in [5.41, 5.74) is 0.858. The largest absolute Gasteiger partial charge is 0.388 e. The fourth-order valence-corrected chi connectivity index (χ4v) is 1.47. The van der Waals surface area contributed by atoms with Gasteiger partial charge in [-0.25, -0.2) is 9.67 Å². The van der Waals surface area contributed by atoms with Crippen molar-refractivity contribution in [2.45, 2.75) is 19.8 Å². The molecule has 1 aromatic heterocycles. The van der Waals surface area contributed by atoms with Crippen LogP contribution in [-0.2, 0) is 6.61 Å². The molecular formula is C11H13N3O2. The molecule has 1 unspecified atom stereocenters. The zero-order valence-electron chi connectivity index (χ0n) is 8.91. The Balaban J connectivity index is 2.44. The van der Waals surface area contributed by atoms with Gasteiger partial charge in [-0.3, -0.25) is 0 Å². The molecular weight excluding hydrogens is 206 g/mol. The highest BCUT2D eigenvalue weighted by Gasteiger charge is 2.13. The minimum atomic E-state index is -0.799. The molecule has 1 atom stereocenters. The van der Waals surface area contributed by atoms with E-state index in [1.165, 1.54) is 4.68 Å². The lowest BCUT2D eigenvalue weighted by Gasteiger charge is -2.05. The summed E-state index contributed by atoms with van der Waals surface area (Å²) in [6, 6.07) is 9.43. The number of hydrogen-bond acceptors (Lipinski definition) is 4. The minimum Gasteiger partial charge on any atom is -0.388 e. The molecule has 0 bridgehead atoms. The van der Waals surface area contributed by atoms with Crippen molar-refractivity contribution >= 4 is 0 Å². The van der Waals surface area contributed by atoms with Crippen molar-refractivity contribution in [1.82, 2.24) is 14.8 Å². The van der Waals surface area contributed by atoms with Crippen molar-refractivity contribution in [3.63, 3.8) is 0 Å². The summed E-state index contributed by atoms with van der Waals surface area (Å²) < 4.78 is 1.31. The summed E-state index contributed by atoms with van der Waals surface area (Å²) in [4.78, 5) is 4.16. The monoisotopic (exact) mass is 219 g/mol. The Morgan fingerprint density at radius 1 is 1.31 bits per heavy atom. The zero-order chi connectivity index (χ0) is 11.5. The smallest absolute Gasteiger partial charge is 0.181 e. The van der Waals surface area contributed by atoms with Gasteiger partial charge in [-0.15, -0.1) is 5.10 Å². The SMILES string of the molecule is CC(O)n1nc(-c2ccccc2)nc1CO. The molecule has 1 aromatic carbocycles. The number of benzene rings is 1. The first-order valence-electron chi connectivity index (χ1n) is 5.02. The first-order valence-corrected chi connectivity index (χ1v) is 5.02. The fraction of sp³-hybridized carbons (Fsp3) is 0.273. The number of aliphatic hydroxyl groups excluding tert-OH is 2. The Bertz CT molecular complexity index is 465. The van der Waals surface area contributed by atoms with Gasteiger partial charge in [-0.2, -0.15) is 0 Å². The van der Waals surface area contributed by atoms with E-state index < -0.39 is 6.23 Å². The Morgan fingerprint density at radius 3 is 2.50 bits per heavy atom. The number of aromatic nitrogens is 3. The molecule has 0 radical (unpaired) electrons. The van der Waals surface area contributed by atoms with E-state index in [-0.39, 0.29) is 6.61 Å². The van der Waals surface area contributed by atoms with Gasteiger partial charge in [0.15, 0.2) is 11.6 Å². The van der Waals surface area contributed by atoms with Gasteiger partial charge in [-0.1, -0.05) is 30.3 Å². The Morgan fingerprint density at radius 2 is 2.00 bits per heavy atom. The van der Waals surface area contributed by atoms with Crippen LogP contribution in [0.4, 0.5) is 0 Å². The highest BCUT2D eigenvalue weighted by molar-refractivity contribution is 5.53. The Labute approximate surface area is 93.0 Å². The maximum absolute atomic E-state index is 9.45. The average Bonchev–Trinajstić information content (AvgIpc) is 2.74. The number of nitrogens with zero attached hydrogens (tertiary/aromatic N) is 3. The third-order valence-electron chi connectivity index (χ3n) is 2.23. The van der Waals surface area contributed by atoms with Gasteiger partial charge in [-0.05, 0) is 6.92 Å². The van der Waals surface area contributed by atoms with E-state index in [2.05, 4.69) is 10.1 Å². The van der Waals surface area contributed by atoms with E-state index in [1.807, 2.05) is 30.3 Å². The fourth-order valence-electron chi connectivity index (χ4n) is 1.47. The number of hydrogen-bond donors (Lipinski definition) is 2. The van der Waals surface area contributed by atoms with Gasteiger partial charge in [0.2, 0.25) is 0 Å². The van der Waals surface area contributed by atoms with Gasteiger partial charge in [0, 0.05) is 5.56 Å². The summed E-state index contributed by atoms with van der Waals surface area (Å²) >= 11 is 0. The van der Waals surface area contributed by atoms with Crippen molar-refractivity contribution in [2.24, 2.45) is 0 Å². The zero-order valence-corrected chi connectivity index (χ0v) is 8.91. The van der Waals surface area contributed by atoms with Crippen LogP contribution in [0.1, 0.15) is 19.0 Å². The van der Waals surface area contributed by atoms with Gasteiger partial charge in [0.25, 0.3) is 0 Å². The van der Waals surface area contributed by atoms with E-state index >= 15 is 0 Å². The summed E-state index contributed by atoms with van der Waals surface area (Å²) in [7, 11) is 0. The Kier molecular flexibility index (Phi) is 2.98. The third-order valence-corrected chi connectivity index (χ3v) is 2.23. The average molecular weight is 219 g/mol. The molecule has 5 nitrogen and oxygen atoms in total. The molecule has 1 heterocycles. The highest BCUT2D eigenvalue weighted by Crippen LogP contribution is 2.16. The molecule has 0 aliphatic heterocycles. The molecule has 0 amide bonds. The molecule has 0 aliphatic carbocycles. The van der Waals surface area contributed by atoms with Crippen LogP contribution in [0.5, 0.6) is 0 Å². The maximum atomic E-state index is 9.45. The van der Waals surface area contributed by atoms with Crippen molar-refractivity contribution in [2.75, 3.05) is 0 Å². The van der Waals surface area contributed by atoms with Crippen LogP contribution >= 0.6 is 0 Å². The normalized spacial score (nSPS) is 12.7. The van der Waals surface area contributed by atoms with Crippen molar-refractivity contribution in [3.8, 4) is 11.4 Å². The van der Waals surface area contributed by atoms with Crippen molar-refractivity contribution < 1.29 is 10.2 Å². The molecule has 5 heteroatoms. The first-order chi connectivity index (χ1) is 7.72. The molecule has 2 rings (SSSR count). The molecule has 2 aromatic rings. The van der Waals surface area contributed by atoms with Crippen molar-refractivity contribution in [3.05, 3.63) is 36.2 Å². The maximum Gasteiger partial charge on any atom is 0.181 e. The van der Waals surface area contributed by atoms with E-state index in [4.69, 9.17) is 5.11 Å². The number of aliphatic hydroxyl groups is 2. The molecule has 16 heavy (non-hydrogen) atoms. The molecule has 0 saturated heterocycles. The van der Waals surface area contributed by atoms with Gasteiger partial charge in [0.05, 0.1) is 0 Å². The summed E-state index contributed by atoms with van der Waals surface area (Å²) in [5.74, 6) is 0.861. The molecule has 0 aliphatic rings. The minimum absolute atomic E-state index is 0.245. The van der Waals surface area contributed by atoms with Gasteiger partial charge < -0.3 is 10.2 Å². The van der Waals surface area contributed by atoms with Crippen molar-refractivity contribution in [1.29, 1.82) is 0 Å². The van der Waals surface area contributed by atoms with Crippen LogP contribution in [0.25, 0.3) is 11.4 Å². The Hall–Kier alpha value is -1.72. The van der Waals surface area contributed by atoms with Crippen LogP contribution in [0.2, 0.25) is 0 Å². The van der Waals surface area contributed by atoms with E-state index in [0.29, 0.717) is 11.6 Å². The summed E-state index contributed by atoms with van der Waals surface area (Å²) in [6.07, 6.45) is -0.799. The van der Waals surface area contributed by atoms with E-state index in [0.717, 1.165) is 5.56 Å². The van der Waals surface area contributed by atoms with E-state index in [9.17, 15) is 5.11 Å². The molecule has 0 saturated carbocycles. The second kappa shape index (κ2) is 4.42. The lowest BCUT2D eigenvalue weighted by Crippen LogP contribution is -2.10. The molecule has 0 spiro atoms. The predicted molar refractivity (Wildman–Crippen MR) is 58.3 cm³/mol. The highest BCUT2D eigenvalue weighted by atomic mass is 16.3. The number of rotatable bonds is 3. The molecule has 84 valence electrons. The summed E-state index contributed by atoms with van der Waals surface area (Å²) in [5, 5.41) is 22.7. The van der Waals surface area contributed by atoms with Crippen LogP contribution in [0, 0.1) is 0 Å². The quantitative estimate of drug-likeness (QED) is 0.806. The van der Waals surface area contributed by atoms with Crippen LogP contribution in [-0.4, -0.2) is 25.0 Å².